The second-order valence-electron chi connectivity index (χ2n) is 4.95. The Bertz CT molecular complexity index is 577. The first-order valence-electron chi connectivity index (χ1n) is 7.19. The van der Waals surface area contributed by atoms with E-state index >= 15 is 0 Å². The van der Waals surface area contributed by atoms with E-state index in [0.29, 0.717) is 17.3 Å². The van der Waals surface area contributed by atoms with Crippen molar-refractivity contribution in [3.05, 3.63) is 30.1 Å². The van der Waals surface area contributed by atoms with E-state index < -0.39 is 5.82 Å². The van der Waals surface area contributed by atoms with Gasteiger partial charge in [-0.1, -0.05) is 44.7 Å². The Morgan fingerprint density at radius 1 is 1.20 bits per heavy atom. The van der Waals surface area contributed by atoms with Crippen LogP contribution in [0.1, 0.15) is 45.4 Å². The molecule has 0 aliphatic carbocycles. The van der Waals surface area contributed by atoms with Crippen molar-refractivity contribution < 1.29 is 13.9 Å². The van der Waals surface area contributed by atoms with E-state index in [1.807, 2.05) is 0 Å². The van der Waals surface area contributed by atoms with E-state index in [2.05, 4.69) is 11.9 Å². The van der Waals surface area contributed by atoms with Crippen LogP contribution in [0.2, 0.25) is 0 Å². The number of esters is 1. The van der Waals surface area contributed by atoms with Crippen molar-refractivity contribution >= 4 is 16.9 Å². The van der Waals surface area contributed by atoms with Crippen molar-refractivity contribution in [3.63, 3.8) is 0 Å². The predicted octanol–water partition coefficient (Wildman–Crippen LogP) is 4.57. The molecule has 0 spiro atoms. The largest absolute Gasteiger partial charge is 0.406 e. The van der Waals surface area contributed by atoms with Crippen LogP contribution in [0, 0.1) is 5.82 Å². The predicted molar refractivity (Wildman–Crippen MR) is 77.3 cm³/mol. The zero-order chi connectivity index (χ0) is 14.4. The third kappa shape index (κ3) is 3.59. The van der Waals surface area contributed by atoms with Gasteiger partial charge in [-0.2, -0.15) is 0 Å². The fourth-order valence-electron chi connectivity index (χ4n) is 2.19. The molecule has 2 aromatic rings. The van der Waals surface area contributed by atoms with Gasteiger partial charge in [-0.15, -0.1) is 0 Å². The summed E-state index contributed by atoms with van der Waals surface area (Å²) in [7, 11) is 0. The number of hydrogen-bond donors (Lipinski definition) is 1. The average Bonchev–Trinajstić information content (AvgIpc) is 2.76. The molecule has 0 fully saturated rings. The fourth-order valence-corrected chi connectivity index (χ4v) is 2.19. The molecule has 0 aliphatic heterocycles. The first kappa shape index (κ1) is 14.6. The Hall–Kier alpha value is -1.84. The van der Waals surface area contributed by atoms with Crippen molar-refractivity contribution in [1.82, 2.24) is 4.98 Å². The quantitative estimate of drug-likeness (QED) is 0.595. The van der Waals surface area contributed by atoms with E-state index in [4.69, 9.17) is 4.74 Å². The monoisotopic (exact) mass is 277 g/mol. The van der Waals surface area contributed by atoms with Crippen LogP contribution in [-0.4, -0.2) is 11.0 Å². The van der Waals surface area contributed by atoms with Gasteiger partial charge in [0.25, 0.3) is 0 Å². The van der Waals surface area contributed by atoms with Crippen molar-refractivity contribution in [2.45, 2.75) is 45.4 Å². The lowest BCUT2D eigenvalue weighted by Gasteiger charge is -2.02. The Labute approximate surface area is 118 Å². The minimum atomic E-state index is -0.500. The zero-order valence-electron chi connectivity index (χ0n) is 11.7. The third-order valence-electron chi connectivity index (χ3n) is 3.31. The van der Waals surface area contributed by atoms with Crippen LogP contribution in [0.25, 0.3) is 10.9 Å². The molecule has 20 heavy (non-hydrogen) atoms. The van der Waals surface area contributed by atoms with Crippen LogP contribution in [0.3, 0.4) is 0 Å². The van der Waals surface area contributed by atoms with Crippen LogP contribution in [-0.2, 0) is 4.79 Å². The van der Waals surface area contributed by atoms with E-state index in [-0.39, 0.29) is 11.8 Å². The molecule has 0 unspecified atom stereocenters. The minimum Gasteiger partial charge on any atom is -0.406 e. The molecule has 1 aromatic heterocycles. The van der Waals surface area contributed by atoms with Crippen molar-refractivity contribution in [1.29, 1.82) is 0 Å². The van der Waals surface area contributed by atoms with Gasteiger partial charge in [0.05, 0.1) is 5.52 Å². The number of aromatic nitrogens is 1. The molecule has 4 heteroatoms. The average molecular weight is 277 g/mol. The number of fused-ring (bicyclic) bond motifs is 1. The molecule has 3 nitrogen and oxygen atoms in total. The van der Waals surface area contributed by atoms with E-state index in [1.165, 1.54) is 12.8 Å². The van der Waals surface area contributed by atoms with Crippen LogP contribution in [0.5, 0.6) is 5.88 Å². The molecule has 108 valence electrons. The van der Waals surface area contributed by atoms with Gasteiger partial charge < -0.3 is 9.72 Å². The molecule has 1 aromatic carbocycles. The van der Waals surface area contributed by atoms with Gasteiger partial charge in [0, 0.05) is 11.8 Å². The van der Waals surface area contributed by atoms with Crippen LogP contribution < -0.4 is 4.74 Å². The summed E-state index contributed by atoms with van der Waals surface area (Å²) in [6, 6.07) is 6.96. The Kier molecular flexibility index (Phi) is 5.16. The third-order valence-corrected chi connectivity index (χ3v) is 3.31. The molecule has 0 atom stereocenters. The zero-order valence-corrected chi connectivity index (χ0v) is 11.7. The molecule has 0 amide bonds. The lowest BCUT2D eigenvalue weighted by atomic mass is 10.1. The number of halogens is 1. The van der Waals surface area contributed by atoms with E-state index in [1.54, 1.807) is 24.3 Å². The number of ether oxygens (including phenoxy) is 1. The molecule has 1 N–H and O–H groups in total. The highest BCUT2D eigenvalue weighted by Crippen LogP contribution is 2.26. The summed E-state index contributed by atoms with van der Waals surface area (Å²) in [6.07, 6.45) is 5.62. The number of unbranched alkanes of at least 4 members (excludes halogenated alkanes) is 4. The fraction of sp³-hybridized carbons (Fsp3) is 0.438. The second-order valence-corrected chi connectivity index (χ2v) is 4.95. The molecular weight excluding hydrogens is 257 g/mol. The summed E-state index contributed by atoms with van der Waals surface area (Å²) in [6.45, 7) is 2.15. The van der Waals surface area contributed by atoms with Gasteiger partial charge in [0.15, 0.2) is 5.82 Å². The molecule has 0 aliphatic rings. The second kappa shape index (κ2) is 7.08. The molecule has 0 saturated carbocycles. The smallest absolute Gasteiger partial charge is 0.312 e. The summed E-state index contributed by atoms with van der Waals surface area (Å²) < 4.78 is 19.0. The molecule has 1 heterocycles. The standard InChI is InChI=1S/C16H20FNO2/c1-2-3-4-5-6-11-14(19)20-16-15(17)12-9-7-8-10-13(12)18-16/h7-10,18H,2-6,11H2,1H3. The van der Waals surface area contributed by atoms with Crippen LogP contribution >= 0.6 is 0 Å². The first-order valence-corrected chi connectivity index (χ1v) is 7.19. The maximum atomic E-state index is 14.0. The molecule has 0 bridgehead atoms. The van der Waals surface area contributed by atoms with Gasteiger partial charge in [-0.05, 0) is 18.6 Å². The molecule has 2 rings (SSSR count). The van der Waals surface area contributed by atoms with Gasteiger partial charge in [-0.25, -0.2) is 4.39 Å². The Morgan fingerprint density at radius 3 is 2.70 bits per heavy atom. The van der Waals surface area contributed by atoms with Gasteiger partial charge >= 0.3 is 5.97 Å². The highest BCUT2D eigenvalue weighted by atomic mass is 19.1. The highest BCUT2D eigenvalue weighted by molar-refractivity contribution is 5.83. The van der Waals surface area contributed by atoms with Crippen molar-refractivity contribution in [3.8, 4) is 5.88 Å². The number of hydrogen-bond acceptors (Lipinski definition) is 2. The first-order chi connectivity index (χ1) is 9.72. The van der Waals surface area contributed by atoms with E-state index in [0.717, 1.165) is 19.3 Å². The number of rotatable bonds is 7. The number of carbonyl (C=O) groups excluding carboxylic acids is 1. The van der Waals surface area contributed by atoms with E-state index in [9.17, 15) is 9.18 Å². The summed E-state index contributed by atoms with van der Waals surface area (Å²) in [5, 5.41) is 0.443. The lowest BCUT2D eigenvalue weighted by molar-refractivity contribution is -0.134. The lowest BCUT2D eigenvalue weighted by Crippen LogP contribution is -2.08. The number of nitrogens with one attached hydrogen (secondary N) is 1. The molecule has 0 saturated heterocycles. The van der Waals surface area contributed by atoms with Crippen molar-refractivity contribution in [2.75, 3.05) is 0 Å². The molecule has 0 radical (unpaired) electrons. The van der Waals surface area contributed by atoms with Crippen LogP contribution in [0.15, 0.2) is 24.3 Å². The topological polar surface area (TPSA) is 42.1 Å². The van der Waals surface area contributed by atoms with Crippen LogP contribution in [0.4, 0.5) is 4.39 Å². The maximum Gasteiger partial charge on any atom is 0.312 e. The summed E-state index contributed by atoms with van der Waals surface area (Å²) in [4.78, 5) is 14.5. The number of carbonyl (C=O) groups is 1. The number of aromatic amines is 1. The summed E-state index contributed by atoms with van der Waals surface area (Å²) in [5.41, 5.74) is 0.635. The van der Waals surface area contributed by atoms with Gasteiger partial charge in [0.1, 0.15) is 0 Å². The summed E-state index contributed by atoms with van der Waals surface area (Å²) >= 11 is 0. The Balaban J connectivity index is 1.88. The number of benzene rings is 1. The highest BCUT2D eigenvalue weighted by Gasteiger charge is 2.15. The molecular formula is C16H20FNO2. The van der Waals surface area contributed by atoms with Gasteiger partial charge in [0.2, 0.25) is 5.88 Å². The SMILES string of the molecule is CCCCCCCC(=O)Oc1[nH]c2ccccc2c1F. The number of para-hydroxylation sites is 1. The maximum absolute atomic E-state index is 14.0. The summed E-state index contributed by atoms with van der Waals surface area (Å²) in [5.74, 6) is -0.961. The van der Waals surface area contributed by atoms with Crippen molar-refractivity contribution in [2.24, 2.45) is 0 Å². The minimum absolute atomic E-state index is 0.0789. The number of H-pyrrole nitrogens is 1. The van der Waals surface area contributed by atoms with Gasteiger partial charge in [-0.3, -0.25) is 4.79 Å². The normalized spacial score (nSPS) is 10.9. The Morgan fingerprint density at radius 2 is 1.95 bits per heavy atom.